The molecule has 1 fully saturated rings. The summed E-state index contributed by atoms with van der Waals surface area (Å²) in [4.78, 5) is 0. The standard InChI is InChI=1S/C14H19N/c1-2-14-8-7-10(9-13(14)15)11-5-3-4-6-12(11)14/h3-6,10,13H,2,7-9,15H2,1H3. The molecule has 3 unspecified atom stereocenters. The van der Waals surface area contributed by atoms with Crippen LogP contribution in [0.4, 0.5) is 0 Å². The molecule has 80 valence electrons. The normalized spacial score (nSPS) is 37.7. The topological polar surface area (TPSA) is 26.0 Å². The van der Waals surface area contributed by atoms with Gasteiger partial charge in [0.1, 0.15) is 0 Å². The Hall–Kier alpha value is -0.820. The molecule has 0 aliphatic heterocycles. The van der Waals surface area contributed by atoms with Crippen molar-refractivity contribution in [3.05, 3.63) is 35.4 Å². The first-order valence-electron chi connectivity index (χ1n) is 6.13. The predicted molar refractivity (Wildman–Crippen MR) is 63.0 cm³/mol. The zero-order valence-electron chi connectivity index (χ0n) is 9.37. The first-order valence-corrected chi connectivity index (χ1v) is 6.13. The third kappa shape index (κ3) is 1.07. The lowest BCUT2D eigenvalue weighted by atomic mass is 9.54. The monoisotopic (exact) mass is 201 g/mol. The van der Waals surface area contributed by atoms with Crippen LogP contribution in [0.15, 0.2) is 24.3 Å². The van der Waals surface area contributed by atoms with Crippen molar-refractivity contribution < 1.29 is 0 Å². The van der Waals surface area contributed by atoms with E-state index in [1.807, 2.05) is 0 Å². The van der Waals surface area contributed by atoms with Gasteiger partial charge in [0.15, 0.2) is 0 Å². The SMILES string of the molecule is CCC12CCC(CC1N)c1ccccc12. The summed E-state index contributed by atoms with van der Waals surface area (Å²) < 4.78 is 0. The van der Waals surface area contributed by atoms with Crippen molar-refractivity contribution in [2.75, 3.05) is 0 Å². The first-order chi connectivity index (χ1) is 7.28. The minimum atomic E-state index is 0.297. The zero-order chi connectivity index (χ0) is 10.5. The zero-order valence-corrected chi connectivity index (χ0v) is 9.37. The summed E-state index contributed by atoms with van der Waals surface area (Å²) in [5.74, 6) is 0.740. The van der Waals surface area contributed by atoms with Crippen LogP contribution in [0.5, 0.6) is 0 Å². The lowest BCUT2D eigenvalue weighted by Crippen LogP contribution is -2.53. The number of nitrogens with two attached hydrogens (primary N) is 1. The third-order valence-corrected chi connectivity index (χ3v) is 4.76. The predicted octanol–water partition coefficient (Wildman–Crippen LogP) is 2.94. The van der Waals surface area contributed by atoms with Crippen LogP contribution in [-0.4, -0.2) is 6.04 Å². The molecule has 1 heteroatoms. The summed E-state index contributed by atoms with van der Waals surface area (Å²) in [6.07, 6.45) is 5.04. The van der Waals surface area contributed by atoms with E-state index in [9.17, 15) is 0 Å². The number of hydrogen-bond donors (Lipinski definition) is 1. The molecule has 1 aromatic rings. The lowest BCUT2D eigenvalue weighted by Gasteiger charge is -2.52. The number of hydrogen-bond acceptors (Lipinski definition) is 1. The largest absolute Gasteiger partial charge is 0.327 e. The fourth-order valence-corrected chi connectivity index (χ4v) is 3.82. The van der Waals surface area contributed by atoms with Crippen LogP contribution in [-0.2, 0) is 5.41 Å². The molecular formula is C14H19N. The van der Waals surface area contributed by atoms with Crippen LogP contribution in [0.1, 0.15) is 49.7 Å². The van der Waals surface area contributed by atoms with Gasteiger partial charge in [-0.3, -0.25) is 0 Å². The third-order valence-electron chi connectivity index (χ3n) is 4.76. The molecule has 0 heterocycles. The van der Waals surface area contributed by atoms with Gasteiger partial charge in [0.05, 0.1) is 0 Å². The van der Waals surface area contributed by atoms with E-state index in [4.69, 9.17) is 5.73 Å². The van der Waals surface area contributed by atoms with E-state index in [2.05, 4.69) is 31.2 Å². The Labute approximate surface area is 91.7 Å². The highest BCUT2D eigenvalue weighted by Gasteiger charge is 2.48. The van der Waals surface area contributed by atoms with Gasteiger partial charge in [-0.2, -0.15) is 0 Å². The summed E-state index contributed by atoms with van der Waals surface area (Å²) in [5, 5.41) is 0. The Morgan fingerprint density at radius 2 is 2.20 bits per heavy atom. The summed E-state index contributed by atoms with van der Waals surface area (Å²) in [5.41, 5.74) is 9.83. The second-order valence-electron chi connectivity index (χ2n) is 5.17. The van der Waals surface area contributed by atoms with E-state index in [0.717, 1.165) is 5.92 Å². The van der Waals surface area contributed by atoms with E-state index in [1.165, 1.54) is 25.7 Å². The Morgan fingerprint density at radius 3 is 2.93 bits per heavy atom. The second kappa shape index (κ2) is 3.08. The van der Waals surface area contributed by atoms with Crippen molar-refractivity contribution in [3.8, 4) is 0 Å². The van der Waals surface area contributed by atoms with Crippen molar-refractivity contribution in [2.45, 2.75) is 50.0 Å². The molecule has 1 nitrogen and oxygen atoms in total. The van der Waals surface area contributed by atoms with E-state index < -0.39 is 0 Å². The molecule has 2 bridgehead atoms. The number of benzene rings is 1. The van der Waals surface area contributed by atoms with Gasteiger partial charge in [-0.05, 0) is 42.7 Å². The Bertz CT molecular complexity index is 385. The molecule has 0 saturated heterocycles. The van der Waals surface area contributed by atoms with Crippen LogP contribution < -0.4 is 5.73 Å². The Balaban J connectivity index is 2.22. The highest BCUT2D eigenvalue weighted by atomic mass is 14.7. The smallest absolute Gasteiger partial charge is 0.0142 e. The van der Waals surface area contributed by atoms with Gasteiger partial charge in [0.25, 0.3) is 0 Å². The van der Waals surface area contributed by atoms with Gasteiger partial charge in [-0.1, -0.05) is 31.2 Å². The molecule has 2 N–H and O–H groups in total. The molecule has 1 saturated carbocycles. The van der Waals surface area contributed by atoms with Crippen LogP contribution >= 0.6 is 0 Å². The average molecular weight is 201 g/mol. The van der Waals surface area contributed by atoms with E-state index in [0.29, 0.717) is 11.5 Å². The summed E-state index contributed by atoms with van der Waals surface area (Å²) in [6, 6.07) is 9.36. The maximum Gasteiger partial charge on any atom is 0.0142 e. The molecule has 0 amide bonds. The van der Waals surface area contributed by atoms with Crippen molar-refractivity contribution in [2.24, 2.45) is 5.73 Å². The van der Waals surface area contributed by atoms with Gasteiger partial charge in [-0.25, -0.2) is 0 Å². The second-order valence-corrected chi connectivity index (χ2v) is 5.17. The van der Waals surface area contributed by atoms with E-state index in [-0.39, 0.29) is 0 Å². The maximum atomic E-state index is 6.38. The fraction of sp³-hybridized carbons (Fsp3) is 0.571. The lowest BCUT2D eigenvalue weighted by molar-refractivity contribution is 0.192. The first kappa shape index (κ1) is 9.41. The Kier molecular flexibility index (Phi) is 1.93. The molecule has 1 aromatic carbocycles. The highest BCUT2D eigenvalue weighted by molar-refractivity contribution is 5.44. The molecule has 0 spiro atoms. The molecule has 15 heavy (non-hydrogen) atoms. The van der Waals surface area contributed by atoms with Gasteiger partial charge in [0, 0.05) is 11.5 Å². The van der Waals surface area contributed by atoms with Crippen LogP contribution in [0.25, 0.3) is 0 Å². The molecular weight excluding hydrogens is 182 g/mol. The van der Waals surface area contributed by atoms with Crippen molar-refractivity contribution in [1.82, 2.24) is 0 Å². The molecule has 3 aliphatic carbocycles. The maximum absolute atomic E-state index is 6.38. The summed E-state index contributed by atoms with van der Waals surface area (Å²) >= 11 is 0. The molecule has 0 radical (unpaired) electrons. The molecule has 3 aliphatic rings. The van der Waals surface area contributed by atoms with Gasteiger partial charge >= 0.3 is 0 Å². The van der Waals surface area contributed by atoms with Crippen LogP contribution in [0, 0.1) is 0 Å². The molecule has 0 aromatic heterocycles. The van der Waals surface area contributed by atoms with Crippen LogP contribution in [0.3, 0.4) is 0 Å². The van der Waals surface area contributed by atoms with E-state index in [1.54, 1.807) is 11.1 Å². The summed E-state index contributed by atoms with van der Waals surface area (Å²) in [6.45, 7) is 2.29. The quantitative estimate of drug-likeness (QED) is 0.742. The fourth-order valence-electron chi connectivity index (χ4n) is 3.82. The Morgan fingerprint density at radius 1 is 1.40 bits per heavy atom. The van der Waals surface area contributed by atoms with Crippen molar-refractivity contribution in [1.29, 1.82) is 0 Å². The average Bonchev–Trinajstić information content (AvgIpc) is 2.30. The van der Waals surface area contributed by atoms with Gasteiger partial charge < -0.3 is 5.73 Å². The van der Waals surface area contributed by atoms with Crippen LogP contribution in [0.2, 0.25) is 0 Å². The minimum Gasteiger partial charge on any atom is -0.327 e. The van der Waals surface area contributed by atoms with Gasteiger partial charge in [0.2, 0.25) is 0 Å². The summed E-state index contributed by atoms with van der Waals surface area (Å²) in [7, 11) is 0. The number of rotatable bonds is 1. The number of fused-ring (bicyclic) bond motifs is 2. The van der Waals surface area contributed by atoms with Gasteiger partial charge in [-0.15, -0.1) is 0 Å². The highest BCUT2D eigenvalue weighted by Crippen LogP contribution is 2.53. The van der Waals surface area contributed by atoms with Crippen molar-refractivity contribution >= 4 is 0 Å². The van der Waals surface area contributed by atoms with E-state index >= 15 is 0 Å². The van der Waals surface area contributed by atoms with Crippen molar-refractivity contribution in [3.63, 3.8) is 0 Å². The minimum absolute atomic E-state index is 0.297. The molecule has 3 atom stereocenters. The molecule has 4 rings (SSSR count).